The van der Waals surface area contributed by atoms with Gasteiger partial charge in [0.15, 0.2) is 11.6 Å². The average Bonchev–Trinajstić information content (AvgIpc) is 2.91. The molecule has 2 atom stereocenters. The zero-order chi connectivity index (χ0) is 27.1. The second-order valence-corrected chi connectivity index (χ2v) is 9.31. The van der Waals surface area contributed by atoms with E-state index in [1.165, 1.54) is 0 Å². The molecular weight excluding hydrogens is 489 g/mol. The summed E-state index contributed by atoms with van der Waals surface area (Å²) in [7, 11) is 0. The van der Waals surface area contributed by atoms with Gasteiger partial charge in [-0.3, -0.25) is 9.78 Å². The molecule has 8 N–H and O–H groups in total. The number of aromatic nitrogens is 2. The van der Waals surface area contributed by atoms with E-state index >= 15 is 4.39 Å². The maximum Gasteiger partial charge on any atom is 0.253 e. The number of nitrogens with zero attached hydrogens (tertiary/aromatic N) is 2. The Morgan fingerprint density at radius 2 is 1.97 bits per heavy atom. The Hall–Kier alpha value is -3.54. The van der Waals surface area contributed by atoms with Gasteiger partial charge in [-0.05, 0) is 31.9 Å². The normalized spacial score (nSPS) is 17.4. The third kappa shape index (κ3) is 6.29. The highest BCUT2D eigenvalue weighted by Gasteiger charge is 2.27. The van der Waals surface area contributed by atoms with Gasteiger partial charge in [-0.2, -0.15) is 0 Å². The molecule has 1 amide bonds. The number of carbonyl (C=O) groups excluding carboxylic acids is 1. The molecule has 4 rings (SSSR count). The average molecular weight is 526 g/mol. The van der Waals surface area contributed by atoms with Crippen LogP contribution in [-0.2, 0) is 9.47 Å². The predicted octanol–water partition coefficient (Wildman–Crippen LogP) is 3.26. The van der Waals surface area contributed by atoms with Crippen LogP contribution >= 0.6 is 0 Å². The Bertz CT molecular complexity index is 1270. The quantitative estimate of drug-likeness (QED) is 0.223. The molecule has 38 heavy (non-hydrogen) atoms. The lowest BCUT2D eigenvalue weighted by molar-refractivity contribution is 0.0570. The first kappa shape index (κ1) is 27.5. The fourth-order valence-corrected chi connectivity index (χ4v) is 4.71. The molecule has 11 heteroatoms. The summed E-state index contributed by atoms with van der Waals surface area (Å²) >= 11 is 0. The second-order valence-electron chi connectivity index (χ2n) is 9.31. The van der Waals surface area contributed by atoms with E-state index in [9.17, 15) is 4.79 Å². The number of halogens is 1. The summed E-state index contributed by atoms with van der Waals surface area (Å²) in [6.07, 6.45) is 5.22. The molecule has 1 fully saturated rings. The van der Waals surface area contributed by atoms with Gasteiger partial charge in [0.05, 0.1) is 48.0 Å². The van der Waals surface area contributed by atoms with E-state index in [0.29, 0.717) is 38.5 Å². The van der Waals surface area contributed by atoms with Crippen LogP contribution in [-0.4, -0.2) is 60.9 Å². The first-order valence-corrected chi connectivity index (χ1v) is 13.0. The Balaban J connectivity index is 1.61. The third-order valence-electron chi connectivity index (χ3n) is 6.68. The number of benzene rings is 1. The van der Waals surface area contributed by atoms with Crippen LogP contribution in [0.3, 0.4) is 0 Å². The van der Waals surface area contributed by atoms with E-state index in [0.717, 1.165) is 42.3 Å². The third-order valence-corrected chi connectivity index (χ3v) is 6.68. The molecule has 1 saturated carbocycles. The smallest absolute Gasteiger partial charge is 0.253 e. The molecular formula is C27H36FN7O3. The number of pyridine rings is 2. The highest BCUT2D eigenvalue weighted by Crippen LogP contribution is 2.34. The lowest BCUT2D eigenvalue weighted by atomic mass is 9.91. The highest BCUT2D eigenvalue weighted by molar-refractivity contribution is 6.05. The van der Waals surface area contributed by atoms with Crippen molar-refractivity contribution in [1.82, 2.24) is 9.97 Å². The van der Waals surface area contributed by atoms with Crippen LogP contribution in [0.1, 0.15) is 43.0 Å². The fourth-order valence-electron chi connectivity index (χ4n) is 4.71. The Labute approximate surface area is 221 Å². The largest absolute Gasteiger partial charge is 0.396 e. The van der Waals surface area contributed by atoms with Gasteiger partial charge < -0.3 is 37.3 Å². The summed E-state index contributed by atoms with van der Waals surface area (Å²) in [5.74, 6) is -1.74. The summed E-state index contributed by atoms with van der Waals surface area (Å²) in [5.41, 5.74) is 19.6. The zero-order valence-corrected chi connectivity index (χ0v) is 21.6. The Morgan fingerprint density at radius 1 is 1.18 bits per heavy atom. The number of amides is 1. The van der Waals surface area contributed by atoms with E-state index in [-0.39, 0.29) is 34.8 Å². The lowest BCUT2D eigenvalue weighted by Crippen LogP contribution is -2.43. The van der Waals surface area contributed by atoms with Crippen molar-refractivity contribution in [3.63, 3.8) is 0 Å². The van der Waals surface area contributed by atoms with Crippen LogP contribution in [0.25, 0.3) is 22.2 Å². The zero-order valence-electron chi connectivity index (χ0n) is 21.6. The molecule has 0 unspecified atom stereocenters. The number of hydrogen-bond donors (Lipinski definition) is 5. The minimum absolute atomic E-state index is 0.0512. The maximum absolute atomic E-state index is 15.2. The molecule has 2 aromatic heterocycles. The summed E-state index contributed by atoms with van der Waals surface area (Å²) < 4.78 is 26.0. The van der Waals surface area contributed by atoms with Crippen molar-refractivity contribution in [3.05, 3.63) is 41.8 Å². The van der Waals surface area contributed by atoms with E-state index < -0.39 is 11.7 Å². The molecule has 0 radical (unpaired) electrons. The molecule has 1 aliphatic carbocycles. The number of anilines is 3. The number of para-hydroxylation sites is 1. The number of nitrogen functional groups attached to an aromatic ring is 1. The van der Waals surface area contributed by atoms with Gasteiger partial charge in [0.1, 0.15) is 0 Å². The fraction of sp³-hybridized carbons (Fsp3) is 0.444. The molecule has 0 bridgehead atoms. The number of nitrogens with one attached hydrogen (secondary N) is 2. The molecule has 1 aliphatic rings. The summed E-state index contributed by atoms with van der Waals surface area (Å²) in [5, 5.41) is 7.25. The van der Waals surface area contributed by atoms with E-state index in [4.69, 9.17) is 26.7 Å². The number of fused-ring (bicyclic) bond motifs is 1. The molecule has 0 saturated heterocycles. The number of nitrogens with two attached hydrogens (primary N) is 3. The molecule has 3 aromatic rings. The number of primary amides is 1. The molecule has 2 heterocycles. The van der Waals surface area contributed by atoms with Crippen molar-refractivity contribution in [2.75, 3.05) is 49.3 Å². The van der Waals surface area contributed by atoms with Gasteiger partial charge >= 0.3 is 0 Å². The van der Waals surface area contributed by atoms with Gasteiger partial charge in [-0.15, -0.1) is 0 Å². The van der Waals surface area contributed by atoms with Crippen LogP contribution in [0.2, 0.25) is 0 Å². The first-order chi connectivity index (χ1) is 18.4. The number of ether oxygens (including phenoxy) is 2. The summed E-state index contributed by atoms with van der Waals surface area (Å²) in [4.78, 5) is 21.4. The van der Waals surface area contributed by atoms with E-state index in [1.54, 1.807) is 6.20 Å². The van der Waals surface area contributed by atoms with Gasteiger partial charge in [-0.25, -0.2) is 9.37 Å². The molecule has 1 aromatic carbocycles. The number of rotatable bonds is 12. The number of carbonyl (C=O) groups is 1. The number of hydrogen-bond acceptors (Lipinski definition) is 9. The highest BCUT2D eigenvalue weighted by atomic mass is 19.1. The van der Waals surface area contributed by atoms with Crippen molar-refractivity contribution < 1.29 is 18.7 Å². The standard InChI is InChI=1S/C27H36FN7O3/c1-2-37-12-13-38-11-10-32-20-9-5-6-16-14-17(15-33-24(16)20)25-21(26(31)36)23(30)22(28)27(35-25)34-19-8-4-3-7-18(19)29/h5-6,9,14-15,18-19,32H,2-4,7-8,10-13,29H2,1H3,(H2,31,36)(H3,30,34,35)/t18-,19+/m0/s1. The van der Waals surface area contributed by atoms with Gasteiger partial charge in [0.2, 0.25) is 0 Å². The summed E-state index contributed by atoms with van der Waals surface area (Å²) in [6.45, 7) is 4.82. The second kappa shape index (κ2) is 12.8. The minimum Gasteiger partial charge on any atom is -0.396 e. The van der Waals surface area contributed by atoms with Crippen LogP contribution in [0.4, 0.5) is 21.6 Å². The van der Waals surface area contributed by atoms with Crippen molar-refractivity contribution in [1.29, 1.82) is 0 Å². The van der Waals surface area contributed by atoms with Crippen molar-refractivity contribution in [3.8, 4) is 11.3 Å². The van der Waals surface area contributed by atoms with Crippen molar-refractivity contribution in [2.24, 2.45) is 11.5 Å². The van der Waals surface area contributed by atoms with E-state index in [2.05, 4.69) is 20.6 Å². The lowest BCUT2D eigenvalue weighted by Gasteiger charge is -2.30. The van der Waals surface area contributed by atoms with Crippen LogP contribution in [0, 0.1) is 5.82 Å². The molecule has 204 valence electrons. The van der Waals surface area contributed by atoms with Crippen molar-refractivity contribution >= 4 is 34.0 Å². The topological polar surface area (TPSA) is 163 Å². The minimum atomic E-state index is -0.871. The van der Waals surface area contributed by atoms with Crippen LogP contribution in [0.15, 0.2) is 30.5 Å². The van der Waals surface area contributed by atoms with Gasteiger partial charge in [-0.1, -0.05) is 25.0 Å². The van der Waals surface area contributed by atoms with Crippen molar-refractivity contribution in [2.45, 2.75) is 44.7 Å². The Morgan fingerprint density at radius 3 is 2.74 bits per heavy atom. The summed E-state index contributed by atoms with van der Waals surface area (Å²) in [6, 6.07) is 7.26. The molecule has 0 spiro atoms. The monoisotopic (exact) mass is 525 g/mol. The predicted molar refractivity (Wildman–Crippen MR) is 148 cm³/mol. The molecule has 0 aliphatic heterocycles. The molecule has 10 nitrogen and oxygen atoms in total. The van der Waals surface area contributed by atoms with Crippen LogP contribution in [0.5, 0.6) is 0 Å². The van der Waals surface area contributed by atoms with Gasteiger partial charge in [0, 0.05) is 42.4 Å². The maximum atomic E-state index is 15.2. The van der Waals surface area contributed by atoms with E-state index in [1.807, 2.05) is 31.2 Å². The SMILES string of the molecule is CCOCCOCCNc1cccc2cc(-c3nc(N[C@@H]4CCCC[C@@H]4N)c(F)c(N)c3C(N)=O)cnc12. The first-order valence-electron chi connectivity index (χ1n) is 13.0. The Kier molecular flexibility index (Phi) is 9.27. The van der Waals surface area contributed by atoms with Gasteiger partial charge in [0.25, 0.3) is 5.91 Å². The van der Waals surface area contributed by atoms with Crippen LogP contribution < -0.4 is 27.8 Å².